The summed E-state index contributed by atoms with van der Waals surface area (Å²) in [6.45, 7) is 6.48. The van der Waals surface area contributed by atoms with Crippen molar-refractivity contribution in [3.63, 3.8) is 0 Å². The summed E-state index contributed by atoms with van der Waals surface area (Å²) in [5.74, 6) is -0.565. The second-order valence-electron chi connectivity index (χ2n) is 2.38. The Bertz CT molecular complexity index is 190. The maximum atomic E-state index is 7.92. The Morgan fingerprint density at radius 3 is 1.47 bits per heavy atom. The fourth-order valence-corrected chi connectivity index (χ4v) is 0.260. The number of methoxy groups -OCH3 is 1. The smallest absolute Gasteiger partial charge is 0.271 e. The summed E-state index contributed by atoms with van der Waals surface area (Å²) in [7, 11) is 5.23. The molecule has 0 aliphatic heterocycles. The van der Waals surface area contributed by atoms with Crippen molar-refractivity contribution in [3.8, 4) is 0 Å². The molecule has 3 atom stereocenters. The molecule has 0 amide bonds. The molecule has 2 radical (unpaired) electrons. The molecule has 0 spiro atoms. The molecule has 7 nitrogen and oxygen atoms in total. The van der Waals surface area contributed by atoms with Gasteiger partial charge in [-0.2, -0.15) is 6.54 Å². The van der Waals surface area contributed by atoms with Crippen molar-refractivity contribution in [2.24, 2.45) is 0 Å². The quantitative estimate of drug-likeness (QED) is 0.480. The zero-order valence-corrected chi connectivity index (χ0v) is 18.8. The van der Waals surface area contributed by atoms with Gasteiger partial charge in [0.25, 0.3) is 11.9 Å². The molecule has 0 bridgehead atoms. The van der Waals surface area contributed by atoms with Crippen molar-refractivity contribution < 1.29 is 89.4 Å². The number of ether oxygens (including phenoxy) is 1. The summed E-state index contributed by atoms with van der Waals surface area (Å²) < 4.78 is 12.6. The maximum absolute atomic E-state index is 7.92. The van der Waals surface area contributed by atoms with Crippen LogP contribution in [0.25, 0.3) is 11.5 Å². The van der Waals surface area contributed by atoms with Crippen LogP contribution >= 0.6 is 18.9 Å². The zero-order valence-electron chi connectivity index (χ0n) is 10.8. The summed E-state index contributed by atoms with van der Waals surface area (Å²) >= 11 is 0. The molecule has 0 aliphatic rings. The predicted octanol–water partition coefficient (Wildman–Crippen LogP) is 2.75. The molecular formula is C8H20N2O5P2Y2-2. The minimum atomic E-state index is -0.356. The standard InChI is InChI=1S/C4H10N2O.2C2H5O2P.2Y/c1-7-3-4(6)2-5;2*1-2(3)4-5;;/h4-6H,2-3H2,1H3;2*3H,1,5H2;;/q-2;;;;. The molecule has 0 saturated carbocycles. The van der Waals surface area contributed by atoms with Gasteiger partial charge in [0.05, 0.1) is 18.9 Å². The van der Waals surface area contributed by atoms with Crippen LogP contribution < -0.4 is 0 Å². The van der Waals surface area contributed by atoms with Gasteiger partial charge in [-0.1, -0.05) is 0 Å². The molecular weight excluding hydrogens is 444 g/mol. The van der Waals surface area contributed by atoms with E-state index in [1.54, 1.807) is 0 Å². The van der Waals surface area contributed by atoms with Gasteiger partial charge in [0.15, 0.2) is 0 Å². The van der Waals surface area contributed by atoms with E-state index in [9.17, 15) is 0 Å². The van der Waals surface area contributed by atoms with E-state index in [2.05, 4.69) is 26.9 Å². The first-order valence-electron chi connectivity index (χ1n) is 4.19. The summed E-state index contributed by atoms with van der Waals surface area (Å²) in [4.78, 5) is 0. The minimum Gasteiger partial charge on any atom is -0.679 e. The van der Waals surface area contributed by atoms with Crippen LogP contribution in [0.5, 0.6) is 0 Å². The average molecular weight is 464 g/mol. The third kappa shape index (κ3) is 54.0. The number of aliphatic hydroxyl groups is 2. The van der Waals surface area contributed by atoms with E-state index >= 15 is 0 Å². The number of hydrogen-bond acceptors (Lipinski definition) is 5. The van der Waals surface area contributed by atoms with Crippen LogP contribution in [0, 0.1) is 0 Å². The largest absolute Gasteiger partial charge is 0.679 e. The van der Waals surface area contributed by atoms with Gasteiger partial charge in [0, 0.05) is 79.1 Å². The molecule has 11 heteroatoms. The van der Waals surface area contributed by atoms with Crippen molar-refractivity contribution in [1.29, 1.82) is 0 Å². The van der Waals surface area contributed by atoms with Crippen LogP contribution in [0.3, 0.4) is 0 Å². The number of rotatable bonds is 5. The van der Waals surface area contributed by atoms with E-state index in [0.29, 0.717) is 6.61 Å². The van der Waals surface area contributed by atoms with Gasteiger partial charge in [-0.3, -0.25) is 0 Å². The molecule has 0 saturated heterocycles. The Balaban J connectivity index is -0.0000000500. The molecule has 110 valence electrons. The Labute approximate surface area is 169 Å². The van der Waals surface area contributed by atoms with Crippen LogP contribution in [0.2, 0.25) is 0 Å². The van der Waals surface area contributed by atoms with Gasteiger partial charge in [0.2, 0.25) is 0 Å². The molecule has 19 heavy (non-hydrogen) atoms. The Kier molecular flexibility index (Phi) is 47.8. The summed E-state index contributed by atoms with van der Waals surface area (Å²) in [5, 5.41) is 15.8. The normalized spacial score (nSPS) is 8.68. The van der Waals surface area contributed by atoms with Crippen LogP contribution in [-0.4, -0.2) is 36.5 Å². The number of aliphatic hydroxyl groups excluding tert-OH is 2. The van der Waals surface area contributed by atoms with Gasteiger partial charge in [0.1, 0.15) is 0 Å². The van der Waals surface area contributed by atoms with Gasteiger partial charge in [-0.15, -0.1) is 6.04 Å². The van der Waals surface area contributed by atoms with Crippen LogP contribution in [-0.2, 0) is 79.2 Å². The maximum Gasteiger partial charge on any atom is 0.271 e. The second kappa shape index (κ2) is 27.9. The third-order valence-electron chi connectivity index (χ3n) is 0.886. The third-order valence-corrected chi connectivity index (χ3v) is 1.43. The molecule has 0 fully saturated rings. The van der Waals surface area contributed by atoms with Crippen LogP contribution in [0.4, 0.5) is 0 Å². The molecule has 0 heterocycles. The van der Waals surface area contributed by atoms with Crippen LogP contribution in [0.15, 0.2) is 25.0 Å². The van der Waals surface area contributed by atoms with Crippen molar-refractivity contribution in [2.45, 2.75) is 6.04 Å². The van der Waals surface area contributed by atoms with Crippen LogP contribution in [0.1, 0.15) is 0 Å². The van der Waals surface area contributed by atoms with Crippen molar-refractivity contribution in [3.05, 3.63) is 36.5 Å². The number of nitrogens with one attached hydrogen (secondary N) is 2. The summed E-state index contributed by atoms with van der Waals surface area (Å²) in [5.41, 5.74) is 13.6. The molecule has 0 rings (SSSR count). The first kappa shape index (κ1) is 32.5. The fraction of sp³-hybridized carbons (Fsp3) is 0.500. The van der Waals surface area contributed by atoms with Gasteiger partial charge in [-0.05, 0) is 13.2 Å². The fourth-order valence-electron chi connectivity index (χ4n) is 0.260. The number of hydrogen-bond donors (Lipinski definition) is 2. The molecule has 0 aromatic rings. The van der Waals surface area contributed by atoms with Gasteiger partial charge < -0.3 is 35.5 Å². The monoisotopic (exact) mass is 464 g/mol. The molecule has 3 unspecified atom stereocenters. The predicted molar refractivity (Wildman–Crippen MR) is 74.3 cm³/mol. The van der Waals surface area contributed by atoms with E-state index < -0.39 is 0 Å². The van der Waals surface area contributed by atoms with Crippen molar-refractivity contribution >= 4 is 18.9 Å². The van der Waals surface area contributed by atoms with Crippen molar-refractivity contribution in [1.82, 2.24) is 0 Å². The van der Waals surface area contributed by atoms with E-state index in [-0.39, 0.29) is 89.9 Å². The van der Waals surface area contributed by atoms with E-state index in [1.165, 1.54) is 7.11 Å². The average Bonchev–Trinajstić information content (AvgIpc) is 2.30. The SMILES string of the molecule is C=C(O)OP.C=C(O)OP.COCC([NH-])C[NH-].[Y].[Y]. The summed E-state index contributed by atoms with van der Waals surface area (Å²) in [6.07, 6.45) is 0. The molecule has 0 aromatic carbocycles. The van der Waals surface area contributed by atoms with E-state index in [1.807, 2.05) is 18.9 Å². The minimum absolute atomic E-state index is 0. The van der Waals surface area contributed by atoms with Crippen molar-refractivity contribution in [2.75, 3.05) is 20.3 Å². The second-order valence-corrected chi connectivity index (χ2v) is 2.85. The Morgan fingerprint density at radius 2 is 1.42 bits per heavy atom. The van der Waals surface area contributed by atoms with E-state index in [4.69, 9.17) is 21.7 Å². The van der Waals surface area contributed by atoms with Gasteiger partial charge >= 0.3 is 0 Å². The van der Waals surface area contributed by atoms with E-state index in [0.717, 1.165) is 0 Å². The molecule has 4 N–H and O–H groups in total. The Hall–Kier alpha value is 1.63. The zero-order chi connectivity index (χ0) is 14.3. The Morgan fingerprint density at radius 1 is 1.16 bits per heavy atom. The first-order valence-corrected chi connectivity index (χ1v) is 5.13. The molecule has 0 aromatic heterocycles. The molecule has 0 aliphatic carbocycles. The topological polar surface area (TPSA) is 116 Å². The van der Waals surface area contributed by atoms with Gasteiger partial charge in [-0.25, -0.2) is 0 Å². The first-order chi connectivity index (χ1) is 7.85. The summed E-state index contributed by atoms with van der Waals surface area (Å²) in [6, 6.07) is -0.356.